The number of nitrogens with one attached hydrogen (secondary N) is 1. The first kappa shape index (κ1) is 17.3. The summed E-state index contributed by atoms with van der Waals surface area (Å²) in [6.07, 6.45) is 1.45. The fraction of sp³-hybridized carbons (Fsp3) is 0.786. The van der Waals surface area contributed by atoms with E-state index in [0.717, 1.165) is 6.42 Å². The number of amides is 3. The molecule has 1 atom stereocenters. The van der Waals surface area contributed by atoms with E-state index in [0.29, 0.717) is 32.0 Å². The van der Waals surface area contributed by atoms with Gasteiger partial charge in [-0.2, -0.15) is 0 Å². The average Bonchev–Trinajstić information content (AvgIpc) is 2.43. The molecule has 1 rings (SSSR count). The lowest BCUT2D eigenvalue weighted by molar-refractivity contribution is -0.145. The van der Waals surface area contributed by atoms with Crippen LogP contribution >= 0.6 is 0 Å². The molecule has 7 heteroatoms. The summed E-state index contributed by atoms with van der Waals surface area (Å²) in [6, 6.07) is -0.151. The van der Waals surface area contributed by atoms with Crippen LogP contribution in [0.5, 0.6) is 0 Å². The highest BCUT2D eigenvalue weighted by Crippen LogP contribution is 2.18. The number of carbonyl (C=O) groups is 3. The van der Waals surface area contributed by atoms with Gasteiger partial charge < -0.3 is 20.2 Å². The van der Waals surface area contributed by atoms with E-state index >= 15 is 0 Å². The number of carboxylic acid groups (broad SMARTS) is 1. The number of nitrogens with zero attached hydrogens (tertiary/aromatic N) is 2. The van der Waals surface area contributed by atoms with Crippen molar-refractivity contribution in [3.63, 3.8) is 0 Å². The molecule has 7 nitrogen and oxygen atoms in total. The minimum Gasteiger partial charge on any atom is -0.480 e. The Labute approximate surface area is 125 Å². The largest absolute Gasteiger partial charge is 0.480 e. The molecule has 0 aromatic heterocycles. The second kappa shape index (κ2) is 7.85. The highest BCUT2D eigenvalue weighted by Gasteiger charge is 2.30. The van der Waals surface area contributed by atoms with Gasteiger partial charge in [0.15, 0.2) is 0 Å². The van der Waals surface area contributed by atoms with Crippen LogP contribution in [0.2, 0.25) is 0 Å². The van der Waals surface area contributed by atoms with E-state index in [2.05, 4.69) is 5.32 Å². The Hall–Kier alpha value is -1.79. The van der Waals surface area contributed by atoms with Crippen molar-refractivity contribution in [1.82, 2.24) is 15.1 Å². The molecule has 1 saturated heterocycles. The van der Waals surface area contributed by atoms with Gasteiger partial charge in [0.05, 0.1) is 5.92 Å². The molecule has 0 aliphatic carbocycles. The Bertz CT molecular complexity index is 398. The maximum atomic E-state index is 12.2. The monoisotopic (exact) mass is 299 g/mol. The predicted molar refractivity (Wildman–Crippen MR) is 77.8 cm³/mol. The van der Waals surface area contributed by atoms with E-state index in [-0.39, 0.29) is 24.4 Å². The summed E-state index contributed by atoms with van der Waals surface area (Å²) in [6.45, 7) is 5.32. The van der Waals surface area contributed by atoms with Gasteiger partial charge in [0, 0.05) is 26.7 Å². The lowest BCUT2D eigenvalue weighted by Crippen LogP contribution is -2.50. The van der Waals surface area contributed by atoms with Gasteiger partial charge in [0.25, 0.3) is 0 Å². The first-order chi connectivity index (χ1) is 9.81. The van der Waals surface area contributed by atoms with Crippen LogP contribution in [0.25, 0.3) is 0 Å². The summed E-state index contributed by atoms with van der Waals surface area (Å²) in [5.41, 5.74) is 0. The van der Waals surface area contributed by atoms with E-state index in [1.807, 2.05) is 13.8 Å². The van der Waals surface area contributed by atoms with Gasteiger partial charge in [0.1, 0.15) is 6.54 Å². The second-order valence-corrected chi connectivity index (χ2v) is 5.95. The Balaban J connectivity index is 2.53. The molecule has 1 fully saturated rings. The quantitative estimate of drug-likeness (QED) is 0.778. The molecule has 21 heavy (non-hydrogen) atoms. The summed E-state index contributed by atoms with van der Waals surface area (Å²) in [5, 5.41) is 11.6. The molecule has 0 bridgehead atoms. The first-order valence-electron chi connectivity index (χ1n) is 7.30. The van der Waals surface area contributed by atoms with Crippen LogP contribution in [0.3, 0.4) is 0 Å². The molecule has 0 aromatic carbocycles. The molecule has 1 aliphatic heterocycles. The van der Waals surface area contributed by atoms with Crippen molar-refractivity contribution in [1.29, 1.82) is 0 Å². The molecular weight excluding hydrogens is 274 g/mol. The fourth-order valence-corrected chi connectivity index (χ4v) is 2.36. The Morgan fingerprint density at radius 2 is 2.05 bits per heavy atom. The van der Waals surface area contributed by atoms with Crippen molar-refractivity contribution in [2.24, 2.45) is 11.8 Å². The zero-order valence-corrected chi connectivity index (χ0v) is 13.0. The molecule has 3 amide bonds. The standard InChI is InChI=1S/C14H25N3O4/c1-10(2)7-15-14(21)17-6-4-5-11(8-17)13(20)16(3)9-12(18)19/h10-11H,4-9H2,1-3H3,(H,15,21)(H,18,19). The molecule has 0 radical (unpaired) electrons. The number of carbonyl (C=O) groups excluding carboxylic acids is 2. The number of hydrogen-bond donors (Lipinski definition) is 2. The highest BCUT2D eigenvalue weighted by molar-refractivity contribution is 5.84. The number of hydrogen-bond acceptors (Lipinski definition) is 3. The van der Waals surface area contributed by atoms with Crippen molar-refractivity contribution in [3.05, 3.63) is 0 Å². The number of aliphatic carboxylic acids is 1. The molecular formula is C14H25N3O4. The van der Waals surface area contributed by atoms with Crippen molar-refractivity contribution in [3.8, 4) is 0 Å². The number of urea groups is 1. The number of rotatable bonds is 5. The van der Waals surface area contributed by atoms with Gasteiger partial charge in [-0.05, 0) is 18.8 Å². The van der Waals surface area contributed by atoms with Gasteiger partial charge in [-0.25, -0.2) is 4.79 Å². The molecule has 1 heterocycles. The Morgan fingerprint density at radius 1 is 1.38 bits per heavy atom. The van der Waals surface area contributed by atoms with Crippen LogP contribution < -0.4 is 5.32 Å². The maximum Gasteiger partial charge on any atom is 0.323 e. The molecule has 1 aliphatic rings. The SMILES string of the molecule is CC(C)CNC(=O)N1CCCC(C(=O)N(C)CC(=O)O)C1. The topological polar surface area (TPSA) is 90.0 Å². The van der Waals surface area contributed by atoms with Crippen molar-refractivity contribution in [2.45, 2.75) is 26.7 Å². The number of carboxylic acids is 1. The lowest BCUT2D eigenvalue weighted by atomic mass is 9.97. The van der Waals surface area contributed by atoms with Crippen LogP contribution in [0, 0.1) is 11.8 Å². The molecule has 0 saturated carbocycles. The normalized spacial score (nSPS) is 18.5. The molecule has 120 valence electrons. The van der Waals surface area contributed by atoms with Crippen LogP contribution in [-0.2, 0) is 9.59 Å². The first-order valence-corrected chi connectivity index (χ1v) is 7.30. The average molecular weight is 299 g/mol. The highest BCUT2D eigenvalue weighted by atomic mass is 16.4. The Kier molecular flexibility index (Phi) is 6.45. The third-order valence-corrected chi connectivity index (χ3v) is 3.47. The second-order valence-electron chi connectivity index (χ2n) is 5.95. The zero-order chi connectivity index (χ0) is 16.0. The number of piperidine rings is 1. The molecule has 0 spiro atoms. The number of likely N-dealkylation sites (tertiary alicyclic amines) is 1. The lowest BCUT2D eigenvalue weighted by Gasteiger charge is -2.33. The third-order valence-electron chi connectivity index (χ3n) is 3.47. The van der Waals surface area contributed by atoms with Gasteiger partial charge in [-0.1, -0.05) is 13.8 Å². The van der Waals surface area contributed by atoms with Crippen LogP contribution in [0.15, 0.2) is 0 Å². The summed E-state index contributed by atoms with van der Waals surface area (Å²) >= 11 is 0. The predicted octanol–water partition coefficient (Wildman–Crippen LogP) is 0.607. The third kappa shape index (κ3) is 5.61. The molecule has 2 N–H and O–H groups in total. The van der Waals surface area contributed by atoms with Crippen LogP contribution in [-0.4, -0.2) is 66.0 Å². The van der Waals surface area contributed by atoms with Gasteiger partial charge >= 0.3 is 12.0 Å². The van der Waals surface area contributed by atoms with E-state index < -0.39 is 5.97 Å². The van der Waals surface area contributed by atoms with Gasteiger partial charge in [-0.3, -0.25) is 9.59 Å². The van der Waals surface area contributed by atoms with E-state index in [1.165, 1.54) is 11.9 Å². The maximum absolute atomic E-state index is 12.2. The van der Waals surface area contributed by atoms with E-state index in [1.54, 1.807) is 4.90 Å². The molecule has 0 aromatic rings. The minimum absolute atomic E-state index is 0.151. The number of likely N-dealkylation sites (N-methyl/N-ethyl adjacent to an activating group) is 1. The Morgan fingerprint density at radius 3 is 2.62 bits per heavy atom. The van der Waals surface area contributed by atoms with Crippen molar-refractivity contribution >= 4 is 17.9 Å². The molecule has 1 unspecified atom stereocenters. The van der Waals surface area contributed by atoms with E-state index in [4.69, 9.17) is 5.11 Å². The van der Waals surface area contributed by atoms with Crippen LogP contribution in [0.1, 0.15) is 26.7 Å². The van der Waals surface area contributed by atoms with Crippen molar-refractivity contribution < 1.29 is 19.5 Å². The van der Waals surface area contributed by atoms with Gasteiger partial charge in [-0.15, -0.1) is 0 Å². The minimum atomic E-state index is -1.03. The van der Waals surface area contributed by atoms with Gasteiger partial charge in [0.2, 0.25) is 5.91 Å². The fourth-order valence-electron chi connectivity index (χ4n) is 2.36. The summed E-state index contributed by atoms with van der Waals surface area (Å²) in [4.78, 5) is 37.7. The summed E-state index contributed by atoms with van der Waals surface area (Å²) in [7, 11) is 1.48. The summed E-state index contributed by atoms with van der Waals surface area (Å²) < 4.78 is 0. The summed E-state index contributed by atoms with van der Waals surface area (Å²) in [5.74, 6) is -1.18. The van der Waals surface area contributed by atoms with E-state index in [9.17, 15) is 14.4 Å². The smallest absolute Gasteiger partial charge is 0.323 e. The zero-order valence-electron chi connectivity index (χ0n) is 13.0. The van der Waals surface area contributed by atoms with Crippen molar-refractivity contribution in [2.75, 3.05) is 33.2 Å². The van der Waals surface area contributed by atoms with Crippen LogP contribution in [0.4, 0.5) is 4.79 Å².